The van der Waals surface area contributed by atoms with E-state index in [1.54, 1.807) is 6.92 Å². The Morgan fingerprint density at radius 3 is 2.59 bits per heavy atom. The van der Waals surface area contributed by atoms with Crippen LogP contribution < -0.4 is 4.90 Å². The van der Waals surface area contributed by atoms with Gasteiger partial charge in [-0.3, -0.25) is 19.3 Å². The van der Waals surface area contributed by atoms with Gasteiger partial charge in [0.15, 0.2) is 17.5 Å². The number of hydrogen-bond donors (Lipinski definition) is 1. The number of benzene rings is 1. The van der Waals surface area contributed by atoms with Crippen LogP contribution in [-0.2, 0) is 33.8 Å². The number of hydrogen-bond acceptors (Lipinski definition) is 5. The van der Waals surface area contributed by atoms with E-state index in [1.807, 2.05) is 0 Å². The molecule has 2 aromatic rings. The summed E-state index contributed by atoms with van der Waals surface area (Å²) in [7, 11) is 0. The summed E-state index contributed by atoms with van der Waals surface area (Å²) in [6.07, 6.45) is 0.0917. The van der Waals surface area contributed by atoms with Gasteiger partial charge < -0.3 is 14.5 Å². The van der Waals surface area contributed by atoms with Crippen LogP contribution in [0.15, 0.2) is 16.7 Å². The molecule has 170 valence electrons. The minimum Gasteiger partial charge on any atom is -0.481 e. The summed E-state index contributed by atoms with van der Waals surface area (Å²) in [4.78, 5) is 39.3. The van der Waals surface area contributed by atoms with Gasteiger partial charge in [-0.05, 0) is 31.0 Å². The number of carbonyl (C=O) groups excluding carboxylic acids is 2. The first-order valence-electron chi connectivity index (χ1n) is 10.1. The number of fused-ring (bicyclic) bond motifs is 1. The number of amides is 2. The summed E-state index contributed by atoms with van der Waals surface area (Å²) in [5, 5.41) is 13.0. The molecule has 32 heavy (non-hydrogen) atoms. The predicted molar refractivity (Wildman–Crippen MR) is 103 cm³/mol. The third-order valence-electron chi connectivity index (χ3n) is 5.90. The molecule has 1 aromatic heterocycles. The van der Waals surface area contributed by atoms with Crippen molar-refractivity contribution in [3.63, 3.8) is 0 Å². The molecule has 2 aliphatic heterocycles. The summed E-state index contributed by atoms with van der Waals surface area (Å²) in [6, 6.07) is 1.27. The van der Waals surface area contributed by atoms with Crippen molar-refractivity contribution in [2.45, 2.75) is 45.2 Å². The Balaban J connectivity index is 1.53. The maximum atomic E-state index is 13.5. The van der Waals surface area contributed by atoms with Gasteiger partial charge >= 0.3 is 5.97 Å². The molecule has 11 heteroatoms. The molecule has 0 bridgehead atoms. The normalized spacial score (nSPS) is 20.6. The van der Waals surface area contributed by atoms with Crippen LogP contribution >= 0.6 is 0 Å². The van der Waals surface area contributed by atoms with Crippen molar-refractivity contribution >= 4 is 23.7 Å². The van der Waals surface area contributed by atoms with Crippen LogP contribution in [-0.4, -0.2) is 45.5 Å². The lowest BCUT2D eigenvalue weighted by Gasteiger charge is -2.33. The summed E-state index contributed by atoms with van der Waals surface area (Å²) in [5.41, 5.74) is 1.13. The number of carboxylic acids is 1. The van der Waals surface area contributed by atoms with Crippen LogP contribution in [0.25, 0.3) is 0 Å². The van der Waals surface area contributed by atoms with Crippen molar-refractivity contribution in [2.24, 2.45) is 5.92 Å². The number of carbonyl (C=O) groups is 3. The molecular weight excluding hydrogens is 431 g/mol. The zero-order chi connectivity index (χ0) is 23.2. The van der Waals surface area contributed by atoms with Crippen LogP contribution in [0.3, 0.4) is 0 Å². The lowest BCUT2D eigenvalue weighted by Crippen LogP contribution is -2.43. The summed E-state index contributed by atoms with van der Waals surface area (Å²) >= 11 is 0. The van der Waals surface area contributed by atoms with Crippen molar-refractivity contribution in [2.75, 3.05) is 11.4 Å². The molecule has 3 heterocycles. The Morgan fingerprint density at radius 1 is 1.25 bits per heavy atom. The molecular formula is C21H20F3N3O5. The Hall–Kier alpha value is -3.37. The average molecular weight is 451 g/mol. The molecule has 2 atom stereocenters. The smallest absolute Gasteiger partial charge is 0.304 e. The molecule has 1 saturated heterocycles. The fraction of sp³-hybridized carbons (Fsp3) is 0.429. The first kappa shape index (κ1) is 21.8. The lowest BCUT2D eigenvalue weighted by atomic mass is 9.99. The zero-order valence-corrected chi connectivity index (χ0v) is 17.1. The van der Waals surface area contributed by atoms with Gasteiger partial charge in [0, 0.05) is 19.0 Å². The van der Waals surface area contributed by atoms with Gasteiger partial charge in [-0.15, -0.1) is 0 Å². The van der Waals surface area contributed by atoms with E-state index >= 15 is 0 Å². The fourth-order valence-corrected chi connectivity index (χ4v) is 4.24. The standard InChI is InChI=1S/C21H20F3N3O5/c1-10-4-16-13(21(32-25-16)26-3-2-12(20(26)31)8-18(29)30)9-27(10)17(28)7-11-5-14(22)19(24)15(23)6-11/h5-6,10,12H,2-4,7-9H2,1H3,(H,29,30)/t10-,12?/m0/s1. The number of anilines is 1. The SMILES string of the molecule is C[C@H]1Cc2noc(N3CCC(CC(=O)O)C3=O)c2CN1C(=O)Cc1cc(F)c(F)c(F)c1. The second kappa shape index (κ2) is 8.29. The van der Waals surface area contributed by atoms with Gasteiger partial charge in [0.2, 0.25) is 17.7 Å². The third-order valence-corrected chi connectivity index (χ3v) is 5.90. The monoisotopic (exact) mass is 451 g/mol. The summed E-state index contributed by atoms with van der Waals surface area (Å²) in [5.74, 6) is -6.68. The van der Waals surface area contributed by atoms with E-state index in [0.29, 0.717) is 24.1 Å². The number of nitrogens with zero attached hydrogens (tertiary/aromatic N) is 3. The van der Waals surface area contributed by atoms with Gasteiger partial charge in [-0.25, -0.2) is 13.2 Å². The quantitative estimate of drug-likeness (QED) is 0.701. The molecule has 1 aromatic carbocycles. The molecule has 0 radical (unpaired) electrons. The maximum absolute atomic E-state index is 13.5. The lowest BCUT2D eigenvalue weighted by molar-refractivity contribution is -0.140. The third kappa shape index (κ3) is 3.94. The van der Waals surface area contributed by atoms with E-state index < -0.39 is 35.2 Å². The van der Waals surface area contributed by atoms with Crippen molar-refractivity contribution in [1.29, 1.82) is 0 Å². The van der Waals surface area contributed by atoms with Crippen LogP contribution in [0.1, 0.15) is 36.6 Å². The van der Waals surface area contributed by atoms with Crippen molar-refractivity contribution in [3.8, 4) is 0 Å². The molecule has 2 amide bonds. The molecule has 4 rings (SSSR count). The van der Waals surface area contributed by atoms with E-state index in [4.69, 9.17) is 9.63 Å². The van der Waals surface area contributed by atoms with Crippen LogP contribution in [0.4, 0.5) is 19.1 Å². The highest BCUT2D eigenvalue weighted by atomic mass is 19.2. The number of rotatable bonds is 5. The van der Waals surface area contributed by atoms with E-state index in [-0.39, 0.29) is 49.3 Å². The van der Waals surface area contributed by atoms with Crippen LogP contribution in [0.2, 0.25) is 0 Å². The molecule has 1 N–H and O–H groups in total. The van der Waals surface area contributed by atoms with E-state index in [9.17, 15) is 27.6 Å². The Labute approximate surface area is 180 Å². The number of aromatic nitrogens is 1. The zero-order valence-electron chi connectivity index (χ0n) is 17.1. The molecule has 2 aliphatic rings. The van der Waals surface area contributed by atoms with Gasteiger partial charge in [-0.1, -0.05) is 5.16 Å². The highest BCUT2D eigenvalue weighted by molar-refractivity contribution is 5.98. The maximum Gasteiger partial charge on any atom is 0.304 e. The van der Waals surface area contributed by atoms with E-state index in [1.165, 1.54) is 9.80 Å². The summed E-state index contributed by atoms with van der Waals surface area (Å²) < 4.78 is 45.6. The van der Waals surface area contributed by atoms with Gasteiger partial charge in [0.1, 0.15) is 0 Å². The van der Waals surface area contributed by atoms with E-state index in [0.717, 1.165) is 12.1 Å². The molecule has 1 unspecified atom stereocenters. The molecule has 0 saturated carbocycles. The van der Waals surface area contributed by atoms with Crippen molar-refractivity contribution < 1.29 is 37.2 Å². The fourth-order valence-electron chi connectivity index (χ4n) is 4.24. The minimum absolute atomic E-state index is 0.00109. The molecule has 1 fully saturated rings. The Kier molecular flexibility index (Phi) is 5.66. The molecule has 0 spiro atoms. The highest BCUT2D eigenvalue weighted by Gasteiger charge is 2.40. The Morgan fingerprint density at radius 2 is 1.94 bits per heavy atom. The molecule has 0 aliphatic carbocycles. The van der Waals surface area contributed by atoms with Crippen LogP contribution in [0.5, 0.6) is 0 Å². The highest BCUT2D eigenvalue weighted by Crippen LogP contribution is 2.35. The van der Waals surface area contributed by atoms with Gasteiger partial charge in [0.05, 0.1) is 36.6 Å². The largest absolute Gasteiger partial charge is 0.481 e. The van der Waals surface area contributed by atoms with Gasteiger partial charge in [-0.2, -0.15) is 0 Å². The average Bonchev–Trinajstić information content (AvgIpc) is 3.27. The molecule has 8 nitrogen and oxygen atoms in total. The predicted octanol–water partition coefficient (Wildman–Crippen LogP) is 2.44. The Bertz CT molecular complexity index is 1080. The van der Waals surface area contributed by atoms with Crippen LogP contribution in [0, 0.1) is 23.4 Å². The van der Waals surface area contributed by atoms with Crippen molar-refractivity contribution in [3.05, 3.63) is 46.4 Å². The second-order valence-electron chi connectivity index (χ2n) is 8.11. The number of halogens is 3. The topological polar surface area (TPSA) is 104 Å². The van der Waals surface area contributed by atoms with Crippen molar-refractivity contribution in [1.82, 2.24) is 10.1 Å². The second-order valence-corrected chi connectivity index (χ2v) is 8.11. The van der Waals surface area contributed by atoms with E-state index in [2.05, 4.69) is 5.16 Å². The summed E-state index contributed by atoms with van der Waals surface area (Å²) in [6.45, 7) is 2.12. The first-order valence-corrected chi connectivity index (χ1v) is 10.1. The number of carboxylic acid groups (broad SMARTS) is 1. The van der Waals surface area contributed by atoms with Gasteiger partial charge in [0.25, 0.3) is 0 Å². The minimum atomic E-state index is -1.59. The first-order chi connectivity index (χ1) is 15.2. The number of aliphatic carboxylic acids is 1.